The maximum atomic E-state index is 5.66. The highest BCUT2D eigenvalue weighted by Gasteiger charge is 2.04. The molecule has 54 valence electrons. The highest BCUT2D eigenvalue weighted by Crippen LogP contribution is 2.14. The summed E-state index contributed by atoms with van der Waals surface area (Å²) < 4.78 is 1.74. The molecule has 0 atom stereocenters. The third-order valence-corrected chi connectivity index (χ3v) is 1.60. The second kappa shape index (κ2) is 2.17. The van der Waals surface area contributed by atoms with E-state index in [0.29, 0.717) is 0 Å². The topological polar surface area (TPSA) is 43.8 Å². The van der Waals surface area contributed by atoms with Crippen LogP contribution in [0.1, 0.15) is 11.4 Å². The first-order valence-electron chi connectivity index (χ1n) is 3.08. The predicted octanol–water partition coefficient (Wildman–Crippen LogP) is 0.954. The fraction of sp³-hybridized carbons (Fsp3) is 0.286. The van der Waals surface area contributed by atoms with Crippen LogP contribution in [0.4, 0.5) is 5.69 Å². The summed E-state index contributed by atoms with van der Waals surface area (Å²) in [7, 11) is 1.86. The zero-order valence-electron chi connectivity index (χ0n) is 6.26. The number of aryl methyl sites for hydroxylation is 1. The van der Waals surface area contributed by atoms with Gasteiger partial charge in [0.1, 0.15) is 5.69 Å². The van der Waals surface area contributed by atoms with E-state index in [2.05, 4.69) is 11.7 Å². The normalized spacial score (nSPS) is 9.80. The second-order valence-electron chi connectivity index (χ2n) is 2.21. The van der Waals surface area contributed by atoms with Crippen LogP contribution in [0.2, 0.25) is 0 Å². The number of aromatic nitrogens is 2. The van der Waals surface area contributed by atoms with Gasteiger partial charge in [0.15, 0.2) is 0 Å². The Labute approximate surface area is 60.1 Å². The quantitative estimate of drug-likeness (QED) is 0.626. The molecule has 1 heterocycles. The van der Waals surface area contributed by atoms with E-state index in [0.717, 1.165) is 17.1 Å². The predicted molar refractivity (Wildman–Crippen MR) is 42.4 cm³/mol. The maximum Gasteiger partial charge on any atom is 0.108 e. The number of anilines is 1. The van der Waals surface area contributed by atoms with Gasteiger partial charge in [-0.1, -0.05) is 6.58 Å². The van der Waals surface area contributed by atoms with Crippen LogP contribution in [0.3, 0.4) is 0 Å². The van der Waals surface area contributed by atoms with Gasteiger partial charge in [0.2, 0.25) is 0 Å². The number of hydrogen-bond donors (Lipinski definition) is 1. The van der Waals surface area contributed by atoms with Crippen LogP contribution < -0.4 is 5.73 Å². The SMILES string of the molecule is C=Cc1nn(C)c(C)c1N. The molecular formula is C7H11N3. The summed E-state index contributed by atoms with van der Waals surface area (Å²) in [6, 6.07) is 0. The molecule has 1 rings (SSSR count). The lowest BCUT2D eigenvalue weighted by molar-refractivity contribution is 0.738. The molecule has 0 bridgehead atoms. The lowest BCUT2D eigenvalue weighted by Gasteiger charge is -1.90. The molecular weight excluding hydrogens is 126 g/mol. The van der Waals surface area contributed by atoms with Crippen molar-refractivity contribution in [3.8, 4) is 0 Å². The molecule has 0 fully saturated rings. The van der Waals surface area contributed by atoms with Crippen LogP contribution in [0.5, 0.6) is 0 Å². The molecule has 10 heavy (non-hydrogen) atoms. The van der Waals surface area contributed by atoms with Gasteiger partial charge in [-0.15, -0.1) is 0 Å². The zero-order valence-corrected chi connectivity index (χ0v) is 6.26. The molecule has 3 nitrogen and oxygen atoms in total. The summed E-state index contributed by atoms with van der Waals surface area (Å²) in [5.41, 5.74) is 8.12. The van der Waals surface area contributed by atoms with Gasteiger partial charge in [-0.25, -0.2) is 0 Å². The van der Waals surface area contributed by atoms with Gasteiger partial charge in [0.25, 0.3) is 0 Å². The fourth-order valence-corrected chi connectivity index (χ4v) is 0.801. The van der Waals surface area contributed by atoms with E-state index in [-0.39, 0.29) is 0 Å². The summed E-state index contributed by atoms with van der Waals surface area (Å²) in [5, 5.41) is 4.10. The first-order chi connectivity index (χ1) is 4.66. The van der Waals surface area contributed by atoms with Crippen LogP contribution in [0.25, 0.3) is 6.08 Å². The minimum absolute atomic E-state index is 0.720. The van der Waals surface area contributed by atoms with E-state index in [1.807, 2.05) is 14.0 Å². The Morgan fingerprint density at radius 1 is 1.70 bits per heavy atom. The molecule has 2 N–H and O–H groups in total. The number of nitrogen functional groups attached to an aromatic ring is 1. The molecule has 0 aliphatic rings. The molecule has 3 heteroatoms. The summed E-state index contributed by atoms with van der Waals surface area (Å²) in [5.74, 6) is 0. The van der Waals surface area contributed by atoms with Crippen molar-refractivity contribution in [1.29, 1.82) is 0 Å². The van der Waals surface area contributed by atoms with Crippen LogP contribution in [0.15, 0.2) is 6.58 Å². The molecule has 0 spiro atoms. The fourth-order valence-electron chi connectivity index (χ4n) is 0.801. The monoisotopic (exact) mass is 137 g/mol. The average Bonchev–Trinajstić information content (AvgIpc) is 2.17. The molecule has 1 aromatic rings. The van der Waals surface area contributed by atoms with E-state index >= 15 is 0 Å². The van der Waals surface area contributed by atoms with Crippen LogP contribution in [0, 0.1) is 6.92 Å². The van der Waals surface area contributed by atoms with Crippen LogP contribution >= 0.6 is 0 Å². The molecule has 0 amide bonds. The number of hydrogen-bond acceptors (Lipinski definition) is 2. The average molecular weight is 137 g/mol. The minimum Gasteiger partial charge on any atom is -0.395 e. The molecule has 0 aromatic carbocycles. The Bertz CT molecular complexity index is 260. The Hall–Kier alpha value is -1.25. The van der Waals surface area contributed by atoms with E-state index in [9.17, 15) is 0 Å². The van der Waals surface area contributed by atoms with Gasteiger partial charge in [0.05, 0.1) is 11.4 Å². The smallest absolute Gasteiger partial charge is 0.108 e. The van der Waals surface area contributed by atoms with Crippen molar-refractivity contribution < 1.29 is 0 Å². The first-order valence-corrected chi connectivity index (χ1v) is 3.08. The van der Waals surface area contributed by atoms with Gasteiger partial charge in [0, 0.05) is 7.05 Å². The molecule has 1 aromatic heterocycles. The van der Waals surface area contributed by atoms with Crippen molar-refractivity contribution in [2.24, 2.45) is 7.05 Å². The highest BCUT2D eigenvalue weighted by molar-refractivity contribution is 5.61. The molecule has 0 unspecified atom stereocenters. The lowest BCUT2D eigenvalue weighted by Crippen LogP contribution is -1.93. The molecule has 0 saturated carbocycles. The Balaban J connectivity index is 3.30. The van der Waals surface area contributed by atoms with E-state index in [1.165, 1.54) is 0 Å². The van der Waals surface area contributed by atoms with Gasteiger partial charge < -0.3 is 5.73 Å². The summed E-state index contributed by atoms with van der Waals surface area (Å²) in [4.78, 5) is 0. The Kier molecular flexibility index (Phi) is 1.49. The third kappa shape index (κ3) is 0.795. The van der Waals surface area contributed by atoms with Crippen molar-refractivity contribution >= 4 is 11.8 Å². The first kappa shape index (κ1) is 6.86. The Morgan fingerprint density at radius 3 is 2.50 bits per heavy atom. The van der Waals surface area contributed by atoms with E-state index < -0.39 is 0 Å². The molecule has 0 saturated heterocycles. The summed E-state index contributed by atoms with van der Waals surface area (Å²) in [6.45, 7) is 5.52. The standard InChI is InChI=1S/C7H11N3/c1-4-6-7(8)5(2)10(3)9-6/h4H,1,8H2,2-3H3. The minimum atomic E-state index is 0.720. The number of nitrogens with two attached hydrogens (primary N) is 1. The summed E-state index contributed by atoms with van der Waals surface area (Å²) >= 11 is 0. The summed E-state index contributed by atoms with van der Waals surface area (Å²) in [6.07, 6.45) is 1.66. The lowest BCUT2D eigenvalue weighted by atomic mass is 10.3. The van der Waals surface area contributed by atoms with Crippen molar-refractivity contribution in [1.82, 2.24) is 9.78 Å². The van der Waals surface area contributed by atoms with E-state index in [4.69, 9.17) is 5.73 Å². The maximum absolute atomic E-state index is 5.66. The van der Waals surface area contributed by atoms with Crippen molar-refractivity contribution in [3.63, 3.8) is 0 Å². The van der Waals surface area contributed by atoms with Gasteiger partial charge in [-0.05, 0) is 13.0 Å². The molecule has 0 aliphatic heterocycles. The highest BCUT2D eigenvalue weighted by atomic mass is 15.3. The van der Waals surface area contributed by atoms with Crippen molar-refractivity contribution in [2.45, 2.75) is 6.92 Å². The number of rotatable bonds is 1. The van der Waals surface area contributed by atoms with Crippen molar-refractivity contribution in [2.75, 3.05) is 5.73 Å². The zero-order chi connectivity index (χ0) is 7.72. The van der Waals surface area contributed by atoms with Gasteiger partial charge in [-0.3, -0.25) is 4.68 Å². The Morgan fingerprint density at radius 2 is 2.30 bits per heavy atom. The molecule has 0 radical (unpaired) electrons. The molecule has 0 aliphatic carbocycles. The third-order valence-electron chi connectivity index (χ3n) is 1.60. The van der Waals surface area contributed by atoms with Gasteiger partial charge >= 0.3 is 0 Å². The van der Waals surface area contributed by atoms with Crippen LogP contribution in [-0.2, 0) is 7.05 Å². The largest absolute Gasteiger partial charge is 0.395 e. The second-order valence-corrected chi connectivity index (χ2v) is 2.21. The van der Waals surface area contributed by atoms with Crippen molar-refractivity contribution in [3.05, 3.63) is 18.0 Å². The number of nitrogens with zero attached hydrogens (tertiary/aromatic N) is 2. The van der Waals surface area contributed by atoms with E-state index in [1.54, 1.807) is 10.8 Å². The van der Waals surface area contributed by atoms with Crippen LogP contribution in [-0.4, -0.2) is 9.78 Å². The van der Waals surface area contributed by atoms with Gasteiger partial charge in [-0.2, -0.15) is 5.10 Å².